The van der Waals surface area contributed by atoms with Gasteiger partial charge < -0.3 is 14.6 Å². The van der Waals surface area contributed by atoms with Crippen LogP contribution in [0.1, 0.15) is 43.8 Å². The summed E-state index contributed by atoms with van der Waals surface area (Å²) in [7, 11) is 0. The lowest BCUT2D eigenvalue weighted by atomic mass is 10.2. The zero-order chi connectivity index (χ0) is 24.0. The molecule has 10 heteroatoms. The Labute approximate surface area is 194 Å². The molecule has 0 bridgehead atoms. The molecular weight excluding hydrogens is 453 g/mol. The van der Waals surface area contributed by atoms with E-state index in [4.69, 9.17) is 4.74 Å². The van der Waals surface area contributed by atoms with E-state index >= 15 is 0 Å². The zero-order valence-corrected chi connectivity index (χ0v) is 19.3. The van der Waals surface area contributed by atoms with Crippen molar-refractivity contribution in [2.75, 3.05) is 11.1 Å². The van der Waals surface area contributed by atoms with E-state index in [0.717, 1.165) is 36.1 Å². The Morgan fingerprint density at radius 1 is 1.15 bits per heavy atom. The molecular formula is C23H25F3N4O2S. The van der Waals surface area contributed by atoms with Crippen molar-refractivity contribution in [1.29, 1.82) is 0 Å². The maximum Gasteiger partial charge on any atom is 0.416 e. The second-order valence-corrected chi connectivity index (χ2v) is 8.20. The van der Waals surface area contributed by atoms with Crippen LogP contribution in [-0.4, -0.2) is 26.4 Å². The van der Waals surface area contributed by atoms with E-state index in [9.17, 15) is 18.0 Å². The molecule has 0 unspecified atom stereocenters. The van der Waals surface area contributed by atoms with Gasteiger partial charge in [0.25, 0.3) is 0 Å². The SMILES string of the molecule is CCc1ccc(O[C@H](C)c2nnc(SCC(=O)Nc3cccc(C(F)(F)F)c3)n2CC)cc1. The minimum absolute atomic E-state index is 0.0257. The molecule has 33 heavy (non-hydrogen) atoms. The second-order valence-electron chi connectivity index (χ2n) is 7.26. The smallest absolute Gasteiger partial charge is 0.416 e. The number of ether oxygens (including phenoxy) is 1. The molecule has 3 rings (SSSR count). The zero-order valence-electron chi connectivity index (χ0n) is 18.5. The van der Waals surface area contributed by atoms with Gasteiger partial charge in [0, 0.05) is 12.2 Å². The third kappa shape index (κ3) is 6.50. The standard InChI is InChI=1S/C23H25F3N4O2S/c1-4-16-9-11-19(12-10-16)32-15(3)21-28-29-22(30(21)5-2)33-14-20(31)27-18-8-6-7-17(13-18)23(24,25)26/h6-13,15H,4-5,14H2,1-3H3,(H,27,31)/t15-/m1/s1. The van der Waals surface area contributed by atoms with E-state index < -0.39 is 17.6 Å². The van der Waals surface area contributed by atoms with Gasteiger partial charge >= 0.3 is 6.18 Å². The summed E-state index contributed by atoms with van der Waals surface area (Å²) >= 11 is 1.16. The fourth-order valence-corrected chi connectivity index (χ4v) is 3.98. The van der Waals surface area contributed by atoms with Crippen LogP contribution in [0.15, 0.2) is 53.7 Å². The lowest BCUT2D eigenvalue weighted by molar-refractivity contribution is -0.137. The molecule has 0 aliphatic heterocycles. The highest BCUT2D eigenvalue weighted by molar-refractivity contribution is 7.99. The first-order valence-corrected chi connectivity index (χ1v) is 11.5. The van der Waals surface area contributed by atoms with Crippen LogP contribution in [0.2, 0.25) is 0 Å². The fourth-order valence-electron chi connectivity index (χ4n) is 3.17. The van der Waals surface area contributed by atoms with Crippen LogP contribution >= 0.6 is 11.8 Å². The van der Waals surface area contributed by atoms with Gasteiger partial charge in [-0.05, 0) is 56.2 Å². The first-order valence-electron chi connectivity index (χ1n) is 10.5. The van der Waals surface area contributed by atoms with Crippen molar-refractivity contribution in [2.24, 2.45) is 0 Å². The Kier molecular flexibility index (Phi) is 8.01. The Balaban J connectivity index is 1.62. The Hall–Kier alpha value is -3.01. The topological polar surface area (TPSA) is 69.0 Å². The van der Waals surface area contributed by atoms with Crippen molar-refractivity contribution in [3.05, 3.63) is 65.5 Å². The molecule has 0 saturated heterocycles. The summed E-state index contributed by atoms with van der Waals surface area (Å²) in [5.74, 6) is 0.881. The maximum atomic E-state index is 12.9. The number of carbonyl (C=O) groups is 1. The van der Waals surface area contributed by atoms with Gasteiger partial charge in [0.15, 0.2) is 17.1 Å². The maximum absolute atomic E-state index is 12.9. The summed E-state index contributed by atoms with van der Waals surface area (Å²) < 4.78 is 46.4. The first kappa shape index (κ1) is 24.6. The number of carbonyl (C=O) groups excluding carboxylic acids is 1. The van der Waals surface area contributed by atoms with Crippen LogP contribution in [0.3, 0.4) is 0 Å². The molecule has 1 N–H and O–H groups in total. The normalized spacial score (nSPS) is 12.4. The lowest BCUT2D eigenvalue weighted by Gasteiger charge is -2.16. The number of benzene rings is 2. The molecule has 0 fully saturated rings. The van der Waals surface area contributed by atoms with Crippen molar-refractivity contribution in [3.8, 4) is 5.75 Å². The van der Waals surface area contributed by atoms with Crippen LogP contribution in [0.4, 0.5) is 18.9 Å². The molecule has 0 radical (unpaired) electrons. The number of aromatic nitrogens is 3. The van der Waals surface area contributed by atoms with Crippen LogP contribution in [0.5, 0.6) is 5.75 Å². The minimum atomic E-state index is -4.47. The number of hydrogen-bond donors (Lipinski definition) is 1. The Bertz CT molecular complexity index is 1080. The lowest BCUT2D eigenvalue weighted by Crippen LogP contribution is -2.16. The van der Waals surface area contributed by atoms with Crippen LogP contribution in [-0.2, 0) is 23.9 Å². The highest BCUT2D eigenvalue weighted by Crippen LogP contribution is 2.31. The van der Waals surface area contributed by atoms with E-state index in [1.807, 2.05) is 42.7 Å². The molecule has 0 saturated carbocycles. The van der Waals surface area contributed by atoms with E-state index in [0.29, 0.717) is 17.5 Å². The molecule has 0 aliphatic carbocycles. The monoisotopic (exact) mass is 478 g/mol. The number of anilines is 1. The van der Waals surface area contributed by atoms with E-state index in [-0.39, 0.29) is 17.5 Å². The predicted molar refractivity (Wildman–Crippen MR) is 121 cm³/mol. The minimum Gasteiger partial charge on any atom is -0.483 e. The third-order valence-corrected chi connectivity index (χ3v) is 5.84. The number of nitrogens with one attached hydrogen (secondary N) is 1. The van der Waals surface area contributed by atoms with Gasteiger partial charge in [0.2, 0.25) is 5.91 Å². The molecule has 1 aromatic heterocycles. The number of amides is 1. The molecule has 3 aromatic rings. The predicted octanol–water partition coefficient (Wildman–Crippen LogP) is 5.75. The highest BCUT2D eigenvalue weighted by Gasteiger charge is 2.30. The van der Waals surface area contributed by atoms with Gasteiger partial charge in [0.05, 0.1) is 11.3 Å². The molecule has 6 nitrogen and oxygen atoms in total. The summed E-state index contributed by atoms with van der Waals surface area (Å²) in [4.78, 5) is 12.3. The number of thioether (sulfide) groups is 1. The molecule has 176 valence electrons. The molecule has 1 amide bonds. The molecule has 1 atom stereocenters. The van der Waals surface area contributed by atoms with E-state index in [2.05, 4.69) is 22.4 Å². The van der Waals surface area contributed by atoms with Crippen molar-refractivity contribution in [3.63, 3.8) is 0 Å². The number of nitrogens with zero attached hydrogens (tertiary/aromatic N) is 3. The van der Waals surface area contributed by atoms with Gasteiger partial charge in [-0.1, -0.05) is 36.9 Å². The molecule has 1 heterocycles. The summed E-state index contributed by atoms with van der Waals surface area (Å²) in [6, 6.07) is 12.4. The summed E-state index contributed by atoms with van der Waals surface area (Å²) in [6.07, 6.45) is -3.89. The number of halogens is 3. The second kappa shape index (κ2) is 10.7. The summed E-state index contributed by atoms with van der Waals surface area (Å²) in [5.41, 5.74) is 0.486. The average Bonchev–Trinajstić information content (AvgIpc) is 3.21. The van der Waals surface area contributed by atoms with Crippen LogP contribution in [0.25, 0.3) is 0 Å². The fraction of sp³-hybridized carbons (Fsp3) is 0.348. The third-order valence-electron chi connectivity index (χ3n) is 4.88. The molecule has 0 spiro atoms. The molecule has 2 aromatic carbocycles. The van der Waals surface area contributed by atoms with Gasteiger partial charge in [-0.25, -0.2) is 0 Å². The van der Waals surface area contributed by atoms with Crippen molar-refractivity contribution >= 4 is 23.4 Å². The first-order chi connectivity index (χ1) is 15.7. The van der Waals surface area contributed by atoms with Gasteiger partial charge in [-0.2, -0.15) is 13.2 Å². The highest BCUT2D eigenvalue weighted by atomic mass is 32.2. The number of rotatable bonds is 9. The van der Waals surface area contributed by atoms with Crippen molar-refractivity contribution in [2.45, 2.75) is 51.2 Å². The van der Waals surface area contributed by atoms with Crippen LogP contribution in [0, 0.1) is 0 Å². The number of alkyl halides is 3. The van der Waals surface area contributed by atoms with Gasteiger partial charge in [-0.15, -0.1) is 10.2 Å². The van der Waals surface area contributed by atoms with Crippen LogP contribution < -0.4 is 10.1 Å². The average molecular weight is 479 g/mol. The van der Waals surface area contributed by atoms with Gasteiger partial charge in [-0.3, -0.25) is 4.79 Å². The van der Waals surface area contributed by atoms with Crippen molar-refractivity contribution < 1.29 is 22.7 Å². The summed E-state index contributed by atoms with van der Waals surface area (Å²) in [5, 5.41) is 11.4. The van der Waals surface area contributed by atoms with E-state index in [1.54, 1.807) is 0 Å². The van der Waals surface area contributed by atoms with Gasteiger partial charge in [0.1, 0.15) is 5.75 Å². The molecule has 0 aliphatic rings. The quantitative estimate of drug-likeness (QED) is 0.397. The van der Waals surface area contributed by atoms with Crippen molar-refractivity contribution in [1.82, 2.24) is 14.8 Å². The number of hydrogen-bond acceptors (Lipinski definition) is 5. The Morgan fingerprint density at radius 2 is 1.88 bits per heavy atom. The number of aryl methyl sites for hydroxylation is 1. The Morgan fingerprint density at radius 3 is 2.52 bits per heavy atom. The largest absolute Gasteiger partial charge is 0.483 e. The summed E-state index contributed by atoms with van der Waals surface area (Å²) in [6.45, 7) is 6.46. The van der Waals surface area contributed by atoms with E-state index in [1.165, 1.54) is 17.7 Å².